The number of aliphatic carboxylic acids is 1. The van der Waals surface area contributed by atoms with Gasteiger partial charge >= 0.3 is 5.97 Å². The van der Waals surface area contributed by atoms with Gasteiger partial charge in [-0.2, -0.15) is 0 Å². The molecule has 2 nitrogen and oxygen atoms in total. The Labute approximate surface area is 132 Å². The third-order valence-electron chi connectivity index (χ3n) is 4.02. The molecule has 1 unspecified atom stereocenters. The third kappa shape index (κ3) is 17.2. The van der Waals surface area contributed by atoms with E-state index in [1.807, 2.05) is 0 Å². The number of carbonyl (C=O) groups is 1. The Morgan fingerprint density at radius 3 is 2.33 bits per heavy atom. The number of carboxylic acid groups (broad SMARTS) is 1. The van der Waals surface area contributed by atoms with Gasteiger partial charge in [0, 0.05) is 6.42 Å². The van der Waals surface area contributed by atoms with Gasteiger partial charge in [-0.1, -0.05) is 77.4 Å². The fourth-order valence-corrected chi connectivity index (χ4v) is 2.55. The van der Waals surface area contributed by atoms with E-state index < -0.39 is 5.97 Å². The summed E-state index contributed by atoms with van der Waals surface area (Å²) in [6.07, 6.45) is 19.9. The first-order valence-electron chi connectivity index (χ1n) is 9.03. The zero-order valence-electron chi connectivity index (χ0n) is 14.3. The van der Waals surface area contributed by atoms with Gasteiger partial charge < -0.3 is 5.11 Å². The Hall–Kier alpha value is -0.790. The molecule has 0 amide bonds. The molecule has 1 atom stereocenters. The van der Waals surface area contributed by atoms with Crippen LogP contribution in [0.25, 0.3) is 0 Å². The van der Waals surface area contributed by atoms with Crippen LogP contribution in [0.5, 0.6) is 0 Å². The van der Waals surface area contributed by atoms with Crippen LogP contribution >= 0.6 is 0 Å². The van der Waals surface area contributed by atoms with E-state index >= 15 is 0 Å². The minimum absolute atomic E-state index is 0.318. The van der Waals surface area contributed by atoms with Crippen molar-refractivity contribution in [1.82, 2.24) is 0 Å². The maximum atomic E-state index is 10.4. The number of rotatable bonds is 15. The van der Waals surface area contributed by atoms with Gasteiger partial charge in [0.25, 0.3) is 0 Å². The Balaban J connectivity index is 3.29. The van der Waals surface area contributed by atoms with Gasteiger partial charge in [0.15, 0.2) is 0 Å². The van der Waals surface area contributed by atoms with Crippen LogP contribution in [0.15, 0.2) is 12.2 Å². The number of hydrogen-bond donors (Lipinski definition) is 1. The molecule has 0 saturated heterocycles. The molecule has 0 saturated carbocycles. The van der Waals surface area contributed by atoms with Crippen molar-refractivity contribution in [3.63, 3.8) is 0 Å². The molecule has 0 aliphatic heterocycles. The zero-order chi connectivity index (χ0) is 15.8. The highest BCUT2D eigenvalue weighted by Gasteiger charge is 1.99. The Morgan fingerprint density at radius 2 is 1.62 bits per heavy atom. The highest BCUT2D eigenvalue weighted by molar-refractivity contribution is 5.66. The summed E-state index contributed by atoms with van der Waals surface area (Å²) in [7, 11) is 0. The van der Waals surface area contributed by atoms with E-state index in [2.05, 4.69) is 26.0 Å². The number of unbranched alkanes of at least 4 members (excludes halogenated alkanes) is 8. The average Bonchev–Trinajstić information content (AvgIpc) is 2.45. The Bertz CT molecular complexity index is 258. The molecule has 0 spiro atoms. The first kappa shape index (κ1) is 20.2. The normalized spacial score (nSPS) is 12.9. The zero-order valence-corrected chi connectivity index (χ0v) is 14.3. The lowest BCUT2D eigenvalue weighted by Gasteiger charge is -2.08. The van der Waals surface area contributed by atoms with Gasteiger partial charge in [-0.25, -0.2) is 0 Å². The lowest BCUT2D eigenvalue weighted by atomic mass is 9.98. The van der Waals surface area contributed by atoms with Crippen molar-refractivity contribution in [2.24, 2.45) is 5.92 Å². The van der Waals surface area contributed by atoms with Crippen LogP contribution in [-0.4, -0.2) is 11.1 Å². The first-order valence-corrected chi connectivity index (χ1v) is 9.03. The molecule has 0 aromatic carbocycles. The highest BCUT2D eigenvalue weighted by Crippen LogP contribution is 2.15. The number of allylic oxidation sites excluding steroid dienone is 2. The molecule has 0 radical (unpaired) electrons. The first-order chi connectivity index (χ1) is 10.2. The molecule has 0 aliphatic carbocycles. The summed E-state index contributed by atoms with van der Waals surface area (Å²) in [4.78, 5) is 10.4. The quantitative estimate of drug-likeness (QED) is 0.282. The predicted octanol–water partition coefficient (Wildman–Crippen LogP) is 6.35. The van der Waals surface area contributed by atoms with Crippen molar-refractivity contribution in [2.45, 2.75) is 97.3 Å². The molecule has 0 heterocycles. The van der Waals surface area contributed by atoms with E-state index in [1.165, 1.54) is 51.4 Å². The van der Waals surface area contributed by atoms with E-state index in [-0.39, 0.29) is 0 Å². The highest BCUT2D eigenvalue weighted by atomic mass is 16.4. The molecule has 124 valence electrons. The molecule has 0 aromatic rings. The summed E-state index contributed by atoms with van der Waals surface area (Å²) in [6, 6.07) is 0. The predicted molar refractivity (Wildman–Crippen MR) is 91.6 cm³/mol. The lowest BCUT2D eigenvalue weighted by molar-refractivity contribution is -0.137. The SMILES string of the molecule is CCCCCCCCC(C)CC=CCCCCCC(=O)O. The molecule has 0 aliphatic rings. The molecule has 0 bridgehead atoms. The van der Waals surface area contributed by atoms with Crippen molar-refractivity contribution in [3.8, 4) is 0 Å². The molecular weight excluding hydrogens is 260 g/mol. The van der Waals surface area contributed by atoms with Crippen molar-refractivity contribution in [3.05, 3.63) is 12.2 Å². The van der Waals surface area contributed by atoms with E-state index in [9.17, 15) is 4.79 Å². The maximum absolute atomic E-state index is 10.4. The largest absolute Gasteiger partial charge is 0.481 e. The number of hydrogen-bond acceptors (Lipinski definition) is 1. The van der Waals surface area contributed by atoms with Crippen LogP contribution < -0.4 is 0 Å². The topological polar surface area (TPSA) is 37.3 Å². The molecule has 0 rings (SSSR count). The van der Waals surface area contributed by atoms with Crippen LogP contribution in [0.4, 0.5) is 0 Å². The summed E-state index contributed by atoms with van der Waals surface area (Å²) in [6.45, 7) is 4.61. The van der Waals surface area contributed by atoms with E-state index in [0.29, 0.717) is 6.42 Å². The minimum Gasteiger partial charge on any atom is -0.481 e. The van der Waals surface area contributed by atoms with Crippen LogP contribution in [0.1, 0.15) is 97.3 Å². The molecule has 0 aromatic heterocycles. The van der Waals surface area contributed by atoms with Crippen LogP contribution in [-0.2, 0) is 4.79 Å². The fraction of sp³-hybridized carbons (Fsp3) is 0.842. The molecule has 1 N–H and O–H groups in total. The Morgan fingerprint density at radius 1 is 0.952 bits per heavy atom. The van der Waals surface area contributed by atoms with Gasteiger partial charge in [-0.15, -0.1) is 0 Å². The molecule has 21 heavy (non-hydrogen) atoms. The summed E-state index contributed by atoms with van der Waals surface area (Å²) >= 11 is 0. The standard InChI is InChI=1S/C19H36O2/c1-3-4-5-6-9-12-15-18(2)16-13-10-7-8-11-14-17-19(20)21/h10,13,18H,3-9,11-12,14-17H2,1-2H3,(H,20,21). The summed E-state index contributed by atoms with van der Waals surface area (Å²) in [5, 5.41) is 8.53. The van der Waals surface area contributed by atoms with Crippen LogP contribution in [0.2, 0.25) is 0 Å². The summed E-state index contributed by atoms with van der Waals surface area (Å²) in [5.74, 6) is 0.133. The van der Waals surface area contributed by atoms with Crippen molar-refractivity contribution < 1.29 is 9.90 Å². The smallest absolute Gasteiger partial charge is 0.303 e. The maximum Gasteiger partial charge on any atom is 0.303 e. The van der Waals surface area contributed by atoms with Crippen molar-refractivity contribution in [2.75, 3.05) is 0 Å². The van der Waals surface area contributed by atoms with Gasteiger partial charge in [0.05, 0.1) is 0 Å². The second kappa shape index (κ2) is 15.6. The second-order valence-electron chi connectivity index (χ2n) is 6.36. The average molecular weight is 296 g/mol. The van der Waals surface area contributed by atoms with Crippen molar-refractivity contribution in [1.29, 1.82) is 0 Å². The second-order valence-corrected chi connectivity index (χ2v) is 6.36. The van der Waals surface area contributed by atoms with Gasteiger partial charge in [0.2, 0.25) is 0 Å². The number of carboxylic acids is 1. The summed E-state index contributed by atoms with van der Waals surface area (Å²) < 4.78 is 0. The van der Waals surface area contributed by atoms with Gasteiger partial charge in [-0.3, -0.25) is 4.79 Å². The van der Waals surface area contributed by atoms with E-state index in [4.69, 9.17) is 5.11 Å². The van der Waals surface area contributed by atoms with Crippen molar-refractivity contribution >= 4 is 5.97 Å². The monoisotopic (exact) mass is 296 g/mol. The molecule has 2 heteroatoms. The van der Waals surface area contributed by atoms with Crippen LogP contribution in [0.3, 0.4) is 0 Å². The van der Waals surface area contributed by atoms with Gasteiger partial charge in [0.1, 0.15) is 0 Å². The minimum atomic E-state index is -0.672. The molecule has 0 fully saturated rings. The third-order valence-corrected chi connectivity index (χ3v) is 4.02. The summed E-state index contributed by atoms with van der Waals surface area (Å²) in [5.41, 5.74) is 0. The van der Waals surface area contributed by atoms with Gasteiger partial charge in [-0.05, 0) is 31.6 Å². The lowest BCUT2D eigenvalue weighted by Crippen LogP contribution is -1.93. The van der Waals surface area contributed by atoms with E-state index in [1.54, 1.807) is 0 Å². The Kier molecular flexibility index (Phi) is 15.0. The fourth-order valence-electron chi connectivity index (χ4n) is 2.55. The van der Waals surface area contributed by atoms with Crippen LogP contribution in [0, 0.1) is 5.92 Å². The van der Waals surface area contributed by atoms with E-state index in [0.717, 1.165) is 31.6 Å². The molecular formula is C19H36O2.